The topological polar surface area (TPSA) is 61.6 Å². The minimum absolute atomic E-state index is 0.184. The Balaban J connectivity index is 2.32. The van der Waals surface area contributed by atoms with Crippen molar-refractivity contribution >= 4 is 17.2 Å². The first-order chi connectivity index (χ1) is 9.67. The molecule has 0 aliphatic rings. The highest BCUT2D eigenvalue weighted by Crippen LogP contribution is 2.28. The maximum absolute atomic E-state index is 9.34. The number of aromatic nitrogens is 2. The molecule has 1 N–H and O–H groups in total. The monoisotopic (exact) mass is 286 g/mol. The maximum atomic E-state index is 9.34. The van der Waals surface area contributed by atoms with Gasteiger partial charge in [0, 0.05) is 4.88 Å². The molecule has 0 saturated heterocycles. The van der Waals surface area contributed by atoms with Crippen LogP contribution in [0.2, 0.25) is 0 Å². The van der Waals surface area contributed by atoms with Crippen molar-refractivity contribution in [2.75, 3.05) is 5.32 Å². The molecule has 1 atom stereocenters. The second-order valence-electron chi connectivity index (χ2n) is 4.75. The van der Waals surface area contributed by atoms with Gasteiger partial charge in [0.1, 0.15) is 11.6 Å². The van der Waals surface area contributed by atoms with E-state index in [1.54, 1.807) is 11.3 Å². The van der Waals surface area contributed by atoms with Gasteiger partial charge in [0.05, 0.1) is 11.7 Å². The highest BCUT2D eigenvalue weighted by Gasteiger charge is 2.17. The van der Waals surface area contributed by atoms with E-state index in [1.165, 1.54) is 4.88 Å². The van der Waals surface area contributed by atoms with Crippen LogP contribution in [-0.4, -0.2) is 10.2 Å². The second-order valence-corrected chi connectivity index (χ2v) is 5.73. The minimum atomic E-state index is 0.184. The number of nitrogens with one attached hydrogen (secondary N) is 1. The van der Waals surface area contributed by atoms with Crippen LogP contribution in [0.4, 0.5) is 5.82 Å². The van der Waals surface area contributed by atoms with E-state index in [0.717, 1.165) is 24.1 Å². The maximum Gasteiger partial charge on any atom is 0.167 e. The highest BCUT2D eigenvalue weighted by atomic mass is 32.1. The summed E-state index contributed by atoms with van der Waals surface area (Å²) in [6.45, 7) is 5.93. The Morgan fingerprint density at radius 3 is 2.80 bits per heavy atom. The molecule has 0 aromatic carbocycles. The molecule has 20 heavy (non-hydrogen) atoms. The van der Waals surface area contributed by atoms with Crippen LogP contribution in [0.1, 0.15) is 47.5 Å². The van der Waals surface area contributed by atoms with Crippen molar-refractivity contribution in [2.24, 2.45) is 0 Å². The summed E-state index contributed by atoms with van der Waals surface area (Å²) in [5, 5.41) is 23.1. The molecule has 2 aromatic heterocycles. The summed E-state index contributed by atoms with van der Waals surface area (Å²) in [6.07, 6.45) is 2.07. The summed E-state index contributed by atoms with van der Waals surface area (Å²) in [6, 6.07) is 6.57. The number of nitriles is 1. The van der Waals surface area contributed by atoms with E-state index in [-0.39, 0.29) is 6.04 Å². The van der Waals surface area contributed by atoms with Crippen LogP contribution in [-0.2, 0) is 0 Å². The van der Waals surface area contributed by atoms with Gasteiger partial charge in [-0.3, -0.25) is 0 Å². The van der Waals surface area contributed by atoms with E-state index in [4.69, 9.17) is 0 Å². The molecule has 0 saturated carbocycles. The lowest BCUT2D eigenvalue weighted by Crippen LogP contribution is -2.13. The number of anilines is 1. The van der Waals surface area contributed by atoms with Crippen LogP contribution in [0, 0.1) is 25.2 Å². The van der Waals surface area contributed by atoms with Crippen LogP contribution < -0.4 is 5.32 Å². The smallest absolute Gasteiger partial charge is 0.167 e. The number of thiophene rings is 1. The molecule has 0 bridgehead atoms. The van der Waals surface area contributed by atoms with Crippen molar-refractivity contribution in [2.45, 2.75) is 39.7 Å². The number of rotatable bonds is 5. The first-order valence-electron chi connectivity index (χ1n) is 6.71. The zero-order chi connectivity index (χ0) is 14.5. The largest absolute Gasteiger partial charge is 0.360 e. The van der Waals surface area contributed by atoms with E-state index in [1.807, 2.05) is 19.9 Å². The van der Waals surface area contributed by atoms with E-state index in [0.29, 0.717) is 11.4 Å². The molecular weight excluding hydrogens is 268 g/mol. The van der Waals surface area contributed by atoms with Gasteiger partial charge in [-0.05, 0) is 37.3 Å². The fraction of sp³-hybridized carbons (Fsp3) is 0.400. The molecular formula is C15H18N4S. The molecule has 0 aliphatic heterocycles. The van der Waals surface area contributed by atoms with Crippen LogP contribution in [0.25, 0.3) is 0 Å². The molecule has 5 heteroatoms. The Bertz CT molecular complexity index is 614. The minimum Gasteiger partial charge on any atom is -0.360 e. The predicted octanol–water partition coefficient (Wildman–Crippen LogP) is 3.98. The summed E-state index contributed by atoms with van der Waals surface area (Å²) in [5.41, 5.74) is 2.29. The Hall–Kier alpha value is -1.93. The lowest BCUT2D eigenvalue weighted by Gasteiger charge is -2.18. The standard InChI is InChI=1S/C15H18N4S/c1-4-6-13(14-7-5-8-20-14)17-15-12(9-16)10(2)11(3)18-19-15/h5,7-8,13H,4,6H2,1-3H3,(H,17,19). The molecule has 4 nitrogen and oxygen atoms in total. The number of hydrogen-bond acceptors (Lipinski definition) is 5. The highest BCUT2D eigenvalue weighted by molar-refractivity contribution is 7.10. The summed E-state index contributed by atoms with van der Waals surface area (Å²) >= 11 is 1.72. The zero-order valence-corrected chi connectivity index (χ0v) is 12.8. The molecule has 104 valence electrons. The predicted molar refractivity (Wildman–Crippen MR) is 81.8 cm³/mol. The van der Waals surface area contributed by atoms with Gasteiger partial charge >= 0.3 is 0 Å². The van der Waals surface area contributed by atoms with Crippen molar-refractivity contribution in [1.82, 2.24) is 10.2 Å². The van der Waals surface area contributed by atoms with Crippen LogP contribution in [0.3, 0.4) is 0 Å². The van der Waals surface area contributed by atoms with Gasteiger partial charge in [-0.2, -0.15) is 10.4 Å². The molecule has 0 radical (unpaired) electrons. The molecule has 2 heterocycles. The SMILES string of the molecule is CCCC(Nc1nnc(C)c(C)c1C#N)c1cccs1. The summed E-state index contributed by atoms with van der Waals surface area (Å²) in [7, 11) is 0. The van der Waals surface area contributed by atoms with Crippen LogP contribution >= 0.6 is 11.3 Å². The zero-order valence-electron chi connectivity index (χ0n) is 12.0. The van der Waals surface area contributed by atoms with Gasteiger partial charge in [-0.1, -0.05) is 19.4 Å². The van der Waals surface area contributed by atoms with Gasteiger partial charge in [0.25, 0.3) is 0 Å². The van der Waals surface area contributed by atoms with E-state index in [2.05, 4.69) is 40.0 Å². The first kappa shape index (κ1) is 14.5. The third kappa shape index (κ3) is 2.97. The molecule has 0 spiro atoms. The third-order valence-electron chi connectivity index (χ3n) is 3.34. The average molecular weight is 286 g/mol. The Kier molecular flexibility index (Phi) is 4.70. The molecule has 0 aliphatic carbocycles. The normalized spacial score (nSPS) is 11.9. The van der Waals surface area contributed by atoms with Gasteiger partial charge < -0.3 is 5.32 Å². The second kappa shape index (κ2) is 6.49. The van der Waals surface area contributed by atoms with Crippen molar-refractivity contribution in [1.29, 1.82) is 5.26 Å². The lowest BCUT2D eigenvalue weighted by molar-refractivity contribution is 0.681. The van der Waals surface area contributed by atoms with E-state index < -0.39 is 0 Å². The third-order valence-corrected chi connectivity index (χ3v) is 4.33. The van der Waals surface area contributed by atoms with Crippen LogP contribution in [0.5, 0.6) is 0 Å². The van der Waals surface area contributed by atoms with E-state index in [9.17, 15) is 5.26 Å². The van der Waals surface area contributed by atoms with Crippen molar-refractivity contribution in [3.8, 4) is 6.07 Å². The van der Waals surface area contributed by atoms with Crippen molar-refractivity contribution in [3.63, 3.8) is 0 Å². The quantitative estimate of drug-likeness (QED) is 0.903. The van der Waals surface area contributed by atoms with Gasteiger partial charge in [-0.15, -0.1) is 16.4 Å². The first-order valence-corrected chi connectivity index (χ1v) is 7.59. The van der Waals surface area contributed by atoms with Crippen molar-refractivity contribution < 1.29 is 0 Å². The Morgan fingerprint density at radius 2 is 2.20 bits per heavy atom. The summed E-state index contributed by atoms with van der Waals surface area (Å²) < 4.78 is 0. The fourth-order valence-corrected chi connectivity index (χ4v) is 2.89. The Morgan fingerprint density at radius 1 is 1.40 bits per heavy atom. The van der Waals surface area contributed by atoms with Gasteiger partial charge in [-0.25, -0.2) is 0 Å². The molecule has 0 fully saturated rings. The molecule has 2 rings (SSSR count). The number of nitrogens with zero attached hydrogens (tertiary/aromatic N) is 3. The molecule has 0 amide bonds. The fourth-order valence-electron chi connectivity index (χ4n) is 2.08. The summed E-state index contributed by atoms with van der Waals surface area (Å²) in [4.78, 5) is 1.26. The number of hydrogen-bond donors (Lipinski definition) is 1. The van der Waals surface area contributed by atoms with Crippen molar-refractivity contribution in [3.05, 3.63) is 39.2 Å². The summed E-state index contributed by atoms with van der Waals surface area (Å²) in [5.74, 6) is 0.586. The molecule has 2 aromatic rings. The number of aryl methyl sites for hydroxylation is 1. The average Bonchev–Trinajstić information content (AvgIpc) is 2.96. The van der Waals surface area contributed by atoms with E-state index >= 15 is 0 Å². The van der Waals surface area contributed by atoms with Crippen LogP contribution in [0.15, 0.2) is 17.5 Å². The Labute approximate surface area is 123 Å². The van der Waals surface area contributed by atoms with Gasteiger partial charge in [0.15, 0.2) is 5.82 Å². The lowest BCUT2D eigenvalue weighted by atomic mass is 10.1. The molecule has 1 unspecified atom stereocenters. The van der Waals surface area contributed by atoms with Gasteiger partial charge in [0.2, 0.25) is 0 Å².